The van der Waals surface area contributed by atoms with E-state index in [0.29, 0.717) is 0 Å². The van der Waals surface area contributed by atoms with Gasteiger partial charge in [-0.25, -0.2) is 9.97 Å². The first-order valence-corrected chi connectivity index (χ1v) is 18.6. The summed E-state index contributed by atoms with van der Waals surface area (Å²) in [5.41, 5.74) is 11.9. The Bertz CT molecular complexity index is 2850. The fraction of sp³-hybridized carbons (Fsp3) is 0.125. The number of nitrogens with zero attached hydrogens (tertiary/aromatic N) is 2. The van der Waals surface area contributed by atoms with E-state index in [1.165, 1.54) is 58.8 Å². The third kappa shape index (κ3) is 4.48. The zero-order chi connectivity index (χ0) is 34.5. The summed E-state index contributed by atoms with van der Waals surface area (Å²) in [4.78, 5) is 10.2. The molecular formula is C48H36N2S. The van der Waals surface area contributed by atoms with E-state index in [0.717, 1.165) is 39.1 Å². The lowest BCUT2D eigenvalue weighted by atomic mass is 9.54. The number of aromatic nitrogens is 2. The lowest BCUT2D eigenvalue weighted by molar-refractivity contribution is 0.301. The van der Waals surface area contributed by atoms with Crippen LogP contribution in [0.5, 0.6) is 0 Å². The van der Waals surface area contributed by atoms with E-state index >= 15 is 0 Å². The van der Waals surface area contributed by atoms with Crippen LogP contribution in [0.3, 0.4) is 0 Å². The molecule has 0 spiro atoms. The van der Waals surface area contributed by atoms with E-state index < -0.39 is 0 Å². The molecule has 2 nitrogen and oxygen atoms in total. The normalized spacial score (nSPS) is 14.6. The first-order valence-electron chi connectivity index (χ1n) is 17.7. The summed E-state index contributed by atoms with van der Waals surface area (Å²) >= 11 is 1.90. The number of rotatable bonds is 3. The van der Waals surface area contributed by atoms with Crippen molar-refractivity contribution in [1.82, 2.24) is 9.97 Å². The van der Waals surface area contributed by atoms with Gasteiger partial charge in [0.25, 0.3) is 0 Å². The zero-order valence-corrected chi connectivity index (χ0v) is 30.0. The molecule has 0 fully saturated rings. The summed E-state index contributed by atoms with van der Waals surface area (Å²) in [5, 5.41) is 6.35. The predicted octanol–water partition coefficient (Wildman–Crippen LogP) is 13.4. The molecule has 51 heavy (non-hydrogen) atoms. The van der Waals surface area contributed by atoms with Crippen LogP contribution < -0.4 is 0 Å². The molecule has 0 amide bonds. The Morgan fingerprint density at radius 2 is 1.14 bits per heavy atom. The summed E-state index contributed by atoms with van der Waals surface area (Å²) < 4.78 is 2.66. The topological polar surface area (TPSA) is 25.8 Å². The summed E-state index contributed by atoms with van der Waals surface area (Å²) in [6, 6.07) is 52.9. The van der Waals surface area contributed by atoms with Crippen LogP contribution in [0.1, 0.15) is 38.8 Å². The van der Waals surface area contributed by atoms with Crippen LogP contribution in [0.2, 0.25) is 0 Å². The first kappa shape index (κ1) is 30.2. The van der Waals surface area contributed by atoms with Gasteiger partial charge in [0.05, 0.1) is 11.2 Å². The Morgan fingerprint density at radius 3 is 1.94 bits per heavy atom. The zero-order valence-electron chi connectivity index (χ0n) is 29.2. The molecule has 2 aromatic heterocycles. The van der Waals surface area contributed by atoms with Crippen LogP contribution in [0, 0.1) is 0 Å². The average Bonchev–Trinajstić information content (AvgIpc) is 3.53. The van der Waals surface area contributed by atoms with Crippen molar-refractivity contribution < 1.29 is 0 Å². The predicted molar refractivity (Wildman–Crippen MR) is 218 cm³/mol. The minimum absolute atomic E-state index is 0.0475. The van der Waals surface area contributed by atoms with E-state index in [9.17, 15) is 0 Å². The van der Waals surface area contributed by atoms with Gasteiger partial charge in [-0.3, -0.25) is 0 Å². The lowest BCUT2D eigenvalue weighted by Gasteiger charge is -2.49. The molecule has 244 valence electrons. The lowest BCUT2D eigenvalue weighted by Crippen LogP contribution is -2.43. The van der Waals surface area contributed by atoms with Crippen molar-refractivity contribution in [2.45, 2.75) is 38.5 Å². The molecule has 0 bridgehead atoms. The monoisotopic (exact) mass is 672 g/mol. The van der Waals surface area contributed by atoms with Gasteiger partial charge in [0.2, 0.25) is 0 Å². The number of thiophene rings is 1. The fourth-order valence-corrected chi connectivity index (χ4v) is 9.51. The second-order valence-corrected chi connectivity index (χ2v) is 16.1. The number of benzene rings is 7. The first-order chi connectivity index (χ1) is 24.8. The number of fused-ring (bicyclic) bond motifs is 9. The molecule has 0 atom stereocenters. The van der Waals surface area contributed by atoms with Gasteiger partial charge >= 0.3 is 0 Å². The molecule has 0 saturated heterocycles. The molecular weight excluding hydrogens is 637 g/mol. The maximum atomic E-state index is 5.13. The van der Waals surface area contributed by atoms with Gasteiger partial charge in [0.15, 0.2) is 5.82 Å². The summed E-state index contributed by atoms with van der Waals surface area (Å²) in [7, 11) is 0. The van der Waals surface area contributed by atoms with Crippen LogP contribution >= 0.6 is 11.3 Å². The third-order valence-corrected chi connectivity index (χ3v) is 12.9. The van der Waals surface area contributed by atoms with Crippen molar-refractivity contribution in [3.63, 3.8) is 0 Å². The Balaban J connectivity index is 1.16. The van der Waals surface area contributed by atoms with Crippen LogP contribution in [0.15, 0.2) is 146 Å². The van der Waals surface area contributed by atoms with E-state index in [1.54, 1.807) is 0 Å². The molecule has 1 aliphatic rings. The van der Waals surface area contributed by atoms with Gasteiger partial charge in [-0.15, -0.1) is 11.3 Å². The van der Waals surface area contributed by atoms with E-state index in [-0.39, 0.29) is 10.8 Å². The molecule has 0 saturated carbocycles. The van der Waals surface area contributed by atoms with Crippen molar-refractivity contribution in [3.8, 4) is 44.9 Å². The number of hydrogen-bond acceptors (Lipinski definition) is 3. The molecule has 7 aromatic carbocycles. The minimum Gasteiger partial charge on any atom is -0.228 e. The van der Waals surface area contributed by atoms with Crippen LogP contribution in [-0.4, -0.2) is 9.97 Å². The van der Waals surface area contributed by atoms with Crippen molar-refractivity contribution in [1.29, 1.82) is 0 Å². The van der Waals surface area contributed by atoms with Gasteiger partial charge in [-0.2, -0.15) is 0 Å². The highest BCUT2D eigenvalue weighted by Gasteiger charge is 2.46. The van der Waals surface area contributed by atoms with Gasteiger partial charge < -0.3 is 0 Å². The largest absolute Gasteiger partial charge is 0.228 e. The van der Waals surface area contributed by atoms with Crippen LogP contribution in [-0.2, 0) is 10.8 Å². The maximum Gasteiger partial charge on any atom is 0.160 e. The second kappa shape index (κ2) is 10.9. The van der Waals surface area contributed by atoms with E-state index in [4.69, 9.17) is 9.97 Å². The highest BCUT2D eigenvalue weighted by molar-refractivity contribution is 7.25. The highest BCUT2D eigenvalue weighted by atomic mass is 32.1. The van der Waals surface area contributed by atoms with Crippen LogP contribution in [0.4, 0.5) is 0 Å². The standard InChI is InChI=1S/C48H36N2S/c1-47(2)40-28-43-39(27-37(40)35-22-19-29-13-11-12-18-34(29)44(35)48(47,3)4)38-25-32(21-24-42(38)51-43)33-20-23-36-41(26-33)49-46(31-16-9-6-10-17-31)50-45(36)30-14-7-5-8-15-30/h5-28H,1-4H3. The van der Waals surface area contributed by atoms with Gasteiger partial charge in [0.1, 0.15) is 0 Å². The molecule has 3 heteroatoms. The van der Waals surface area contributed by atoms with Crippen molar-refractivity contribution >= 4 is 53.2 Å². The maximum absolute atomic E-state index is 5.13. The SMILES string of the molecule is CC1(C)c2cc3sc4ccc(-c5ccc6c(-c7ccccc7)nc(-c7ccccc7)nc6c5)cc4c3cc2-c2ccc3ccccc3c2C1(C)C. The van der Waals surface area contributed by atoms with Crippen molar-refractivity contribution in [2.75, 3.05) is 0 Å². The molecule has 10 rings (SSSR count). The number of hydrogen-bond donors (Lipinski definition) is 0. The highest BCUT2D eigenvalue weighted by Crippen LogP contribution is 2.57. The fourth-order valence-electron chi connectivity index (χ4n) is 8.40. The van der Waals surface area contributed by atoms with Gasteiger partial charge in [-0.05, 0) is 86.0 Å². The van der Waals surface area contributed by atoms with Crippen molar-refractivity contribution in [2.24, 2.45) is 0 Å². The van der Waals surface area contributed by atoms with E-state index in [2.05, 4.69) is 149 Å². The van der Waals surface area contributed by atoms with Gasteiger partial charge in [0, 0.05) is 42.1 Å². The smallest absolute Gasteiger partial charge is 0.160 e. The van der Waals surface area contributed by atoms with Crippen LogP contribution in [0.25, 0.3) is 86.7 Å². The molecule has 0 N–H and O–H groups in total. The second-order valence-electron chi connectivity index (χ2n) is 15.0. The molecule has 0 radical (unpaired) electrons. The molecule has 0 aliphatic heterocycles. The average molecular weight is 673 g/mol. The third-order valence-electron chi connectivity index (χ3n) is 11.8. The Kier molecular flexibility index (Phi) is 6.47. The molecule has 0 unspecified atom stereocenters. The van der Waals surface area contributed by atoms with Gasteiger partial charge in [-0.1, -0.05) is 137 Å². The summed E-state index contributed by atoms with van der Waals surface area (Å²) in [6.45, 7) is 9.73. The quantitative estimate of drug-likeness (QED) is 0.187. The minimum atomic E-state index is -0.0564. The Morgan fingerprint density at radius 1 is 0.451 bits per heavy atom. The van der Waals surface area contributed by atoms with Crippen molar-refractivity contribution in [3.05, 3.63) is 157 Å². The summed E-state index contributed by atoms with van der Waals surface area (Å²) in [6.07, 6.45) is 0. The molecule has 2 heterocycles. The summed E-state index contributed by atoms with van der Waals surface area (Å²) in [5.74, 6) is 0.738. The Labute approximate surface area is 302 Å². The molecule has 1 aliphatic carbocycles. The van der Waals surface area contributed by atoms with E-state index in [1.807, 2.05) is 35.6 Å². The molecule has 9 aromatic rings. The Hall–Kier alpha value is -5.64.